The topological polar surface area (TPSA) is 37.8 Å². The SMILES string of the molecule is CCNC(c1ncc(Cl)s1)c1nc(CC)c(C)s1. The highest BCUT2D eigenvalue weighted by atomic mass is 35.5. The Morgan fingerprint density at radius 1 is 1.33 bits per heavy atom. The van der Waals surface area contributed by atoms with Gasteiger partial charge in [0.15, 0.2) is 0 Å². The lowest BCUT2D eigenvalue weighted by molar-refractivity contribution is 0.622. The van der Waals surface area contributed by atoms with Gasteiger partial charge in [-0.2, -0.15) is 0 Å². The minimum atomic E-state index is 0.0662. The lowest BCUT2D eigenvalue weighted by Gasteiger charge is -2.11. The van der Waals surface area contributed by atoms with Gasteiger partial charge in [0.1, 0.15) is 20.4 Å². The van der Waals surface area contributed by atoms with Gasteiger partial charge in [-0.15, -0.1) is 22.7 Å². The molecule has 1 atom stereocenters. The summed E-state index contributed by atoms with van der Waals surface area (Å²) in [5, 5.41) is 5.50. The third kappa shape index (κ3) is 2.91. The summed E-state index contributed by atoms with van der Waals surface area (Å²) in [7, 11) is 0. The number of halogens is 1. The van der Waals surface area contributed by atoms with E-state index in [-0.39, 0.29) is 6.04 Å². The van der Waals surface area contributed by atoms with E-state index >= 15 is 0 Å². The minimum Gasteiger partial charge on any atom is -0.303 e. The van der Waals surface area contributed by atoms with Gasteiger partial charge in [0.25, 0.3) is 0 Å². The van der Waals surface area contributed by atoms with Crippen LogP contribution in [-0.4, -0.2) is 16.5 Å². The Bertz CT molecular complexity index is 521. The molecule has 0 bridgehead atoms. The van der Waals surface area contributed by atoms with Crippen molar-refractivity contribution >= 4 is 34.3 Å². The molecule has 0 aliphatic carbocycles. The summed E-state index contributed by atoms with van der Waals surface area (Å²) in [6, 6.07) is 0.0662. The molecule has 0 saturated heterocycles. The first kappa shape index (κ1) is 13.9. The maximum atomic E-state index is 5.97. The van der Waals surface area contributed by atoms with Crippen LogP contribution in [0.5, 0.6) is 0 Å². The molecule has 2 aromatic rings. The second-order valence-electron chi connectivity index (χ2n) is 3.90. The normalized spacial score (nSPS) is 12.9. The smallest absolute Gasteiger partial charge is 0.118 e. The molecule has 1 N–H and O–H groups in total. The van der Waals surface area contributed by atoms with E-state index in [4.69, 9.17) is 16.6 Å². The van der Waals surface area contributed by atoms with Crippen LogP contribution in [0.2, 0.25) is 4.34 Å². The van der Waals surface area contributed by atoms with E-state index in [1.807, 2.05) is 0 Å². The van der Waals surface area contributed by atoms with E-state index in [0.717, 1.165) is 27.3 Å². The number of nitrogens with zero attached hydrogens (tertiary/aromatic N) is 2. The van der Waals surface area contributed by atoms with Gasteiger partial charge in [-0.1, -0.05) is 25.4 Å². The largest absolute Gasteiger partial charge is 0.303 e. The molecule has 3 nitrogen and oxygen atoms in total. The van der Waals surface area contributed by atoms with E-state index < -0.39 is 0 Å². The Morgan fingerprint density at radius 2 is 2.11 bits per heavy atom. The molecule has 18 heavy (non-hydrogen) atoms. The zero-order valence-electron chi connectivity index (χ0n) is 10.7. The van der Waals surface area contributed by atoms with E-state index in [1.165, 1.54) is 21.9 Å². The van der Waals surface area contributed by atoms with Gasteiger partial charge in [0.2, 0.25) is 0 Å². The van der Waals surface area contributed by atoms with E-state index in [0.29, 0.717) is 0 Å². The average molecular weight is 302 g/mol. The maximum Gasteiger partial charge on any atom is 0.118 e. The quantitative estimate of drug-likeness (QED) is 0.912. The molecule has 0 amide bonds. The van der Waals surface area contributed by atoms with Gasteiger partial charge in [-0.25, -0.2) is 9.97 Å². The van der Waals surface area contributed by atoms with Crippen molar-refractivity contribution in [3.8, 4) is 0 Å². The van der Waals surface area contributed by atoms with Crippen molar-refractivity contribution in [1.29, 1.82) is 0 Å². The minimum absolute atomic E-state index is 0.0662. The van der Waals surface area contributed by atoms with Crippen LogP contribution in [0.25, 0.3) is 0 Å². The Labute approximate surface area is 120 Å². The van der Waals surface area contributed by atoms with Crippen molar-refractivity contribution in [2.45, 2.75) is 33.2 Å². The number of thiazole rings is 2. The average Bonchev–Trinajstić information content (AvgIpc) is 2.92. The van der Waals surface area contributed by atoms with Crippen molar-refractivity contribution in [2.24, 2.45) is 0 Å². The highest BCUT2D eigenvalue weighted by Crippen LogP contribution is 2.32. The molecule has 0 saturated carbocycles. The number of nitrogens with one attached hydrogen (secondary N) is 1. The molecule has 6 heteroatoms. The van der Waals surface area contributed by atoms with Crippen LogP contribution in [-0.2, 0) is 6.42 Å². The fraction of sp³-hybridized carbons (Fsp3) is 0.500. The summed E-state index contributed by atoms with van der Waals surface area (Å²) in [6.45, 7) is 7.22. The van der Waals surface area contributed by atoms with E-state index in [2.05, 4.69) is 31.1 Å². The number of aromatic nitrogens is 2. The molecule has 0 fully saturated rings. The van der Waals surface area contributed by atoms with Crippen molar-refractivity contribution in [1.82, 2.24) is 15.3 Å². The molecule has 0 aliphatic rings. The third-order valence-corrected chi connectivity index (χ3v) is 4.90. The molecule has 2 heterocycles. The number of hydrogen-bond donors (Lipinski definition) is 1. The lowest BCUT2D eigenvalue weighted by atomic mass is 10.3. The Morgan fingerprint density at radius 3 is 2.61 bits per heavy atom. The first-order chi connectivity index (χ1) is 8.65. The van der Waals surface area contributed by atoms with Crippen LogP contribution in [0.3, 0.4) is 0 Å². The van der Waals surface area contributed by atoms with Crippen molar-refractivity contribution in [3.63, 3.8) is 0 Å². The van der Waals surface area contributed by atoms with Gasteiger partial charge < -0.3 is 5.32 Å². The summed E-state index contributed by atoms with van der Waals surface area (Å²) in [4.78, 5) is 10.4. The van der Waals surface area contributed by atoms with Gasteiger partial charge in [-0.3, -0.25) is 0 Å². The van der Waals surface area contributed by atoms with Gasteiger partial charge in [-0.05, 0) is 19.9 Å². The maximum absolute atomic E-state index is 5.97. The zero-order chi connectivity index (χ0) is 13.1. The van der Waals surface area contributed by atoms with Crippen LogP contribution in [0.15, 0.2) is 6.20 Å². The van der Waals surface area contributed by atoms with Crippen LogP contribution in [0.1, 0.15) is 40.5 Å². The second-order valence-corrected chi connectivity index (χ2v) is 6.83. The molecule has 2 aromatic heterocycles. The number of aryl methyl sites for hydroxylation is 2. The van der Waals surface area contributed by atoms with Gasteiger partial charge in [0, 0.05) is 4.88 Å². The monoisotopic (exact) mass is 301 g/mol. The molecule has 98 valence electrons. The Balaban J connectivity index is 2.34. The molecular weight excluding hydrogens is 286 g/mol. The summed E-state index contributed by atoms with van der Waals surface area (Å²) in [5.74, 6) is 0. The van der Waals surface area contributed by atoms with Crippen LogP contribution in [0.4, 0.5) is 0 Å². The van der Waals surface area contributed by atoms with E-state index in [1.54, 1.807) is 17.5 Å². The summed E-state index contributed by atoms with van der Waals surface area (Å²) < 4.78 is 0.719. The fourth-order valence-corrected chi connectivity index (χ4v) is 3.96. The zero-order valence-corrected chi connectivity index (χ0v) is 13.0. The molecule has 0 spiro atoms. The van der Waals surface area contributed by atoms with Crippen LogP contribution >= 0.6 is 34.3 Å². The van der Waals surface area contributed by atoms with Crippen molar-refractivity contribution in [3.05, 3.63) is 31.1 Å². The molecule has 0 aromatic carbocycles. The summed E-state index contributed by atoms with van der Waals surface area (Å²) >= 11 is 9.22. The van der Waals surface area contributed by atoms with Crippen molar-refractivity contribution < 1.29 is 0 Å². The standard InChI is InChI=1S/C12H16ClN3S2/c1-4-8-7(3)17-12(16-8)10(14-5-2)11-15-6-9(13)18-11/h6,10,14H,4-5H2,1-3H3. The fourth-order valence-electron chi connectivity index (χ4n) is 1.79. The van der Waals surface area contributed by atoms with Gasteiger partial charge in [0.05, 0.1) is 11.9 Å². The first-order valence-corrected chi connectivity index (χ1v) is 7.97. The number of hydrogen-bond acceptors (Lipinski definition) is 5. The lowest BCUT2D eigenvalue weighted by Crippen LogP contribution is -2.21. The third-order valence-electron chi connectivity index (χ3n) is 2.64. The van der Waals surface area contributed by atoms with Crippen LogP contribution < -0.4 is 5.32 Å². The predicted molar refractivity (Wildman–Crippen MR) is 78.9 cm³/mol. The van der Waals surface area contributed by atoms with Crippen molar-refractivity contribution in [2.75, 3.05) is 6.54 Å². The first-order valence-electron chi connectivity index (χ1n) is 5.96. The molecule has 0 aliphatic heterocycles. The molecular formula is C12H16ClN3S2. The Kier molecular flexibility index (Phi) is 4.72. The van der Waals surface area contributed by atoms with Crippen LogP contribution in [0, 0.1) is 6.92 Å². The Hall–Kier alpha value is -0.490. The number of rotatable bonds is 5. The molecule has 2 rings (SSSR count). The molecule has 0 radical (unpaired) electrons. The second kappa shape index (κ2) is 6.10. The summed E-state index contributed by atoms with van der Waals surface area (Å²) in [6.07, 6.45) is 2.67. The summed E-state index contributed by atoms with van der Waals surface area (Å²) in [5.41, 5.74) is 1.18. The van der Waals surface area contributed by atoms with E-state index in [9.17, 15) is 0 Å². The highest BCUT2D eigenvalue weighted by molar-refractivity contribution is 7.16. The predicted octanol–water partition coefficient (Wildman–Crippen LogP) is 3.82. The highest BCUT2D eigenvalue weighted by Gasteiger charge is 2.21. The molecule has 1 unspecified atom stereocenters. The van der Waals surface area contributed by atoms with Gasteiger partial charge >= 0.3 is 0 Å².